The molecule has 0 bridgehead atoms. The van der Waals surface area contributed by atoms with Gasteiger partial charge in [0, 0.05) is 24.8 Å². The van der Waals surface area contributed by atoms with Crippen LogP contribution in [0.1, 0.15) is 38.8 Å². The molecule has 1 aliphatic rings. The van der Waals surface area contributed by atoms with Crippen LogP contribution in [0, 0.1) is 5.41 Å². The van der Waals surface area contributed by atoms with Crippen molar-refractivity contribution in [1.82, 2.24) is 4.90 Å². The predicted molar refractivity (Wildman–Crippen MR) is 79.0 cm³/mol. The van der Waals surface area contributed by atoms with Gasteiger partial charge < -0.3 is 5.32 Å². The van der Waals surface area contributed by atoms with Crippen LogP contribution in [0.3, 0.4) is 0 Å². The number of para-hydroxylation sites is 1. The molecule has 0 spiro atoms. The molecule has 18 heavy (non-hydrogen) atoms. The molecule has 0 saturated heterocycles. The van der Waals surface area contributed by atoms with Gasteiger partial charge in [-0.3, -0.25) is 4.90 Å². The Morgan fingerprint density at radius 2 is 2.06 bits per heavy atom. The van der Waals surface area contributed by atoms with Crippen molar-refractivity contribution in [3.8, 4) is 0 Å². The number of rotatable bonds is 3. The Kier molecular flexibility index (Phi) is 3.67. The van der Waals surface area contributed by atoms with Crippen LogP contribution in [0.4, 0.5) is 5.69 Å². The van der Waals surface area contributed by atoms with Gasteiger partial charge >= 0.3 is 0 Å². The summed E-state index contributed by atoms with van der Waals surface area (Å²) in [5.41, 5.74) is 4.61. The number of hydrogen-bond acceptors (Lipinski definition) is 2. The number of nitrogens with one attached hydrogen (secondary N) is 1. The zero-order valence-electron chi connectivity index (χ0n) is 12.4. The highest BCUT2D eigenvalue weighted by Gasteiger charge is 2.24. The molecule has 1 heterocycles. The van der Waals surface area contributed by atoms with E-state index in [1.807, 2.05) is 0 Å². The van der Waals surface area contributed by atoms with E-state index >= 15 is 0 Å². The second kappa shape index (κ2) is 4.93. The van der Waals surface area contributed by atoms with Crippen molar-refractivity contribution in [2.45, 2.75) is 46.7 Å². The molecular weight excluding hydrogens is 220 g/mol. The first-order valence-electron chi connectivity index (χ1n) is 6.94. The number of benzene rings is 1. The standard InChI is InChI=1S/C16H26N2/c1-12(16(2,3)4)18(5)11-14-8-6-7-13-9-10-17-15(13)14/h6-8,12,17H,9-11H2,1-5H3. The Bertz CT molecular complexity index is 418. The van der Waals surface area contributed by atoms with Gasteiger partial charge in [0.25, 0.3) is 0 Å². The third kappa shape index (κ3) is 2.69. The number of hydrogen-bond donors (Lipinski definition) is 1. The average Bonchev–Trinajstić information content (AvgIpc) is 2.75. The third-order valence-electron chi connectivity index (χ3n) is 4.27. The highest BCUT2D eigenvalue weighted by atomic mass is 15.1. The second-order valence-corrected chi connectivity index (χ2v) is 6.59. The molecular formula is C16H26N2. The van der Waals surface area contributed by atoms with E-state index in [4.69, 9.17) is 0 Å². The summed E-state index contributed by atoms with van der Waals surface area (Å²) in [4.78, 5) is 2.45. The van der Waals surface area contributed by atoms with Crippen LogP contribution in [0.25, 0.3) is 0 Å². The monoisotopic (exact) mass is 246 g/mol. The van der Waals surface area contributed by atoms with Crippen LogP contribution in [0.5, 0.6) is 0 Å². The van der Waals surface area contributed by atoms with Crippen molar-refractivity contribution in [2.24, 2.45) is 5.41 Å². The van der Waals surface area contributed by atoms with Crippen LogP contribution in [0.15, 0.2) is 18.2 Å². The van der Waals surface area contributed by atoms with Gasteiger partial charge in [-0.05, 0) is 36.9 Å². The van der Waals surface area contributed by atoms with Crippen LogP contribution < -0.4 is 5.32 Å². The number of anilines is 1. The first kappa shape index (κ1) is 13.4. The molecule has 0 aliphatic carbocycles. The first-order chi connectivity index (χ1) is 8.39. The van der Waals surface area contributed by atoms with Gasteiger partial charge in [-0.1, -0.05) is 39.0 Å². The topological polar surface area (TPSA) is 15.3 Å². The van der Waals surface area contributed by atoms with Crippen LogP contribution in [0.2, 0.25) is 0 Å². The molecule has 0 amide bonds. The summed E-state index contributed by atoms with van der Waals surface area (Å²) < 4.78 is 0. The van der Waals surface area contributed by atoms with E-state index in [1.165, 1.54) is 23.2 Å². The summed E-state index contributed by atoms with van der Waals surface area (Å²) in [5.74, 6) is 0. The summed E-state index contributed by atoms with van der Waals surface area (Å²) in [6.45, 7) is 11.3. The van der Waals surface area contributed by atoms with E-state index in [-0.39, 0.29) is 0 Å². The third-order valence-corrected chi connectivity index (χ3v) is 4.27. The Labute approximate surface area is 111 Å². The van der Waals surface area contributed by atoms with Gasteiger partial charge in [0.2, 0.25) is 0 Å². The summed E-state index contributed by atoms with van der Waals surface area (Å²) in [7, 11) is 2.23. The minimum Gasteiger partial charge on any atom is -0.384 e. The molecule has 0 radical (unpaired) electrons. The first-order valence-corrected chi connectivity index (χ1v) is 6.94. The zero-order chi connectivity index (χ0) is 13.3. The van der Waals surface area contributed by atoms with Gasteiger partial charge in [0.05, 0.1) is 0 Å². The van der Waals surface area contributed by atoms with Crippen molar-refractivity contribution in [1.29, 1.82) is 0 Å². The molecule has 0 fully saturated rings. The quantitative estimate of drug-likeness (QED) is 0.878. The number of nitrogens with zero attached hydrogens (tertiary/aromatic N) is 1. The number of fused-ring (bicyclic) bond motifs is 1. The van der Waals surface area contributed by atoms with Gasteiger partial charge in [-0.25, -0.2) is 0 Å². The lowest BCUT2D eigenvalue weighted by molar-refractivity contribution is 0.135. The Morgan fingerprint density at radius 1 is 1.33 bits per heavy atom. The highest BCUT2D eigenvalue weighted by Crippen LogP contribution is 2.29. The Morgan fingerprint density at radius 3 is 2.72 bits per heavy atom. The summed E-state index contributed by atoms with van der Waals surface area (Å²) in [6.07, 6.45) is 1.17. The fraction of sp³-hybridized carbons (Fsp3) is 0.625. The lowest BCUT2D eigenvalue weighted by atomic mass is 9.87. The van der Waals surface area contributed by atoms with Gasteiger partial charge in [-0.15, -0.1) is 0 Å². The fourth-order valence-corrected chi connectivity index (χ4v) is 2.61. The van der Waals surface area contributed by atoms with Crippen molar-refractivity contribution in [3.05, 3.63) is 29.3 Å². The van der Waals surface area contributed by atoms with Crippen LogP contribution in [-0.4, -0.2) is 24.5 Å². The predicted octanol–water partition coefficient (Wildman–Crippen LogP) is 3.52. The van der Waals surface area contributed by atoms with Crippen molar-refractivity contribution in [2.75, 3.05) is 18.9 Å². The smallest absolute Gasteiger partial charge is 0.0419 e. The minimum absolute atomic E-state index is 0.320. The normalized spacial score (nSPS) is 16.6. The van der Waals surface area contributed by atoms with Crippen molar-refractivity contribution in [3.63, 3.8) is 0 Å². The molecule has 0 saturated carbocycles. The van der Waals surface area contributed by atoms with Crippen molar-refractivity contribution < 1.29 is 0 Å². The maximum absolute atomic E-state index is 3.53. The molecule has 1 aromatic carbocycles. The minimum atomic E-state index is 0.320. The molecule has 2 nitrogen and oxygen atoms in total. The highest BCUT2D eigenvalue weighted by molar-refractivity contribution is 5.61. The molecule has 100 valence electrons. The van der Waals surface area contributed by atoms with Gasteiger partial charge in [-0.2, -0.15) is 0 Å². The molecule has 2 heteroatoms. The van der Waals surface area contributed by atoms with Crippen LogP contribution in [-0.2, 0) is 13.0 Å². The molecule has 2 rings (SSSR count). The Balaban J connectivity index is 2.13. The van der Waals surface area contributed by atoms with Gasteiger partial charge in [0.1, 0.15) is 0 Å². The summed E-state index contributed by atoms with van der Waals surface area (Å²) >= 11 is 0. The fourth-order valence-electron chi connectivity index (χ4n) is 2.61. The lowest BCUT2D eigenvalue weighted by Crippen LogP contribution is -2.38. The molecule has 1 N–H and O–H groups in total. The van der Waals surface area contributed by atoms with E-state index in [2.05, 4.69) is 63.2 Å². The maximum Gasteiger partial charge on any atom is 0.0419 e. The summed E-state index contributed by atoms with van der Waals surface area (Å²) in [6, 6.07) is 7.25. The van der Waals surface area contributed by atoms with E-state index < -0.39 is 0 Å². The van der Waals surface area contributed by atoms with E-state index in [0.29, 0.717) is 11.5 Å². The van der Waals surface area contributed by atoms with E-state index in [9.17, 15) is 0 Å². The molecule has 0 aromatic heterocycles. The SMILES string of the molecule is CC(N(C)Cc1cccc2c1NCC2)C(C)(C)C. The lowest BCUT2D eigenvalue weighted by Gasteiger charge is -2.35. The molecule has 1 unspecified atom stereocenters. The van der Waals surface area contributed by atoms with E-state index in [0.717, 1.165) is 13.1 Å². The largest absolute Gasteiger partial charge is 0.384 e. The summed E-state index contributed by atoms with van der Waals surface area (Å²) in [5, 5.41) is 3.53. The van der Waals surface area contributed by atoms with E-state index in [1.54, 1.807) is 0 Å². The van der Waals surface area contributed by atoms with Crippen molar-refractivity contribution >= 4 is 5.69 Å². The molecule has 1 aromatic rings. The van der Waals surface area contributed by atoms with Gasteiger partial charge in [0.15, 0.2) is 0 Å². The molecule has 1 atom stereocenters. The average molecular weight is 246 g/mol. The second-order valence-electron chi connectivity index (χ2n) is 6.59. The van der Waals surface area contributed by atoms with Crippen LogP contribution >= 0.6 is 0 Å². The zero-order valence-corrected chi connectivity index (χ0v) is 12.4. The Hall–Kier alpha value is -1.02. The maximum atomic E-state index is 3.53. The molecule has 1 aliphatic heterocycles.